The molecule has 2 atom stereocenters. The van der Waals surface area contributed by atoms with Gasteiger partial charge in [-0.1, -0.05) is 25.4 Å². The van der Waals surface area contributed by atoms with Crippen molar-refractivity contribution in [2.75, 3.05) is 13.1 Å². The average molecular weight is 325 g/mol. The highest BCUT2D eigenvalue weighted by Crippen LogP contribution is 2.32. The Hall–Kier alpha value is -1.56. The lowest BCUT2D eigenvalue weighted by molar-refractivity contribution is -0.123. The van der Waals surface area contributed by atoms with Crippen molar-refractivity contribution in [3.05, 3.63) is 16.4 Å². The second-order valence-corrected chi connectivity index (χ2v) is 6.75. The predicted molar refractivity (Wildman–Crippen MR) is 82.9 cm³/mol. The maximum Gasteiger partial charge on any atom is 0.259 e. The Labute approximate surface area is 134 Å². The molecule has 2 fully saturated rings. The molecule has 3 rings (SSSR count). The van der Waals surface area contributed by atoms with E-state index in [0.29, 0.717) is 23.8 Å². The van der Waals surface area contributed by atoms with Crippen LogP contribution in [0.15, 0.2) is 0 Å². The minimum absolute atomic E-state index is 0.0591. The minimum Gasteiger partial charge on any atom is -0.354 e. The van der Waals surface area contributed by atoms with Gasteiger partial charge in [0.15, 0.2) is 0 Å². The van der Waals surface area contributed by atoms with Gasteiger partial charge in [-0.2, -0.15) is 5.10 Å². The van der Waals surface area contributed by atoms with Gasteiger partial charge < -0.3 is 10.2 Å². The molecule has 0 unspecified atom stereocenters. The number of aryl methyl sites for hydroxylation is 1. The SMILES string of the molecule is CC(C)c1nn(C)c(Cl)c1C(=O)N1CCC[C@H]2C(=O)NC[C@H]21. The van der Waals surface area contributed by atoms with Gasteiger partial charge in [0.1, 0.15) is 5.15 Å². The number of halogens is 1. The topological polar surface area (TPSA) is 67.2 Å². The molecule has 2 aliphatic heterocycles. The molecule has 0 aromatic carbocycles. The maximum absolute atomic E-state index is 13.1. The zero-order valence-corrected chi connectivity index (χ0v) is 13.9. The van der Waals surface area contributed by atoms with Gasteiger partial charge in [-0.05, 0) is 18.8 Å². The van der Waals surface area contributed by atoms with E-state index in [1.807, 2.05) is 13.8 Å². The molecule has 2 saturated heterocycles. The molecular weight excluding hydrogens is 304 g/mol. The van der Waals surface area contributed by atoms with Crippen molar-refractivity contribution in [3.8, 4) is 0 Å². The van der Waals surface area contributed by atoms with Crippen LogP contribution in [-0.4, -0.2) is 45.6 Å². The highest BCUT2D eigenvalue weighted by Gasteiger charge is 2.43. The molecule has 3 heterocycles. The first-order chi connectivity index (χ1) is 10.4. The van der Waals surface area contributed by atoms with E-state index in [-0.39, 0.29) is 29.7 Å². The first-order valence-corrected chi connectivity index (χ1v) is 8.10. The van der Waals surface area contributed by atoms with E-state index < -0.39 is 0 Å². The highest BCUT2D eigenvalue weighted by atomic mass is 35.5. The number of nitrogens with zero attached hydrogens (tertiary/aromatic N) is 3. The van der Waals surface area contributed by atoms with Gasteiger partial charge in [0.05, 0.1) is 23.2 Å². The molecule has 0 saturated carbocycles. The van der Waals surface area contributed by atoms with E-state index >= 15 is 0 Å². The van der Waals surface area contributed by atoms with Crippen LogP contribution in [0.25, 0.3) is 0 Å². The second kappa shape index (κ2) is 5.57. The Balaban J connectivity index is 1.96. The van der Waals surface area contributed by atoms with Crippen LogP contribution in [0.1, 0.15) is 48.7 Å². The van der Waals surface area contributed by atoms with Crippen LogP contribution >= 0.6 is 11.6 Å². The largest absolute Gasteiger partial charge is 0.354 e. The summed E-state index contributed by atoms with van der Waals surface area (Å²) in [7, 11) is 1.74. The van der Waals surface area contributed by atoms with Crippen molar-refractivity contribution in [1.82, 2.24) is 20.0 Å². The van der Waals surface area contributed by atoms with Crippen molar-refractivity contribution in [1.29, 1.82) is 0 Å². The summed E-state index contributed by atoms with van der Waals surface area (Å²) in [5.41, 5.74) is 1.20. The fourth-order valence-corrected chi connectivity index (χ4v) is 3.69. The number of amides is 2. The predicted octanol–water partition coefficient (Wildman–Crippen LogP) is 1.55. The number of piperidine rings is 1. The van der Waals surface area contributed by atoms with Crippen LogP contribution in [0.5, 0.6) is 0 Å². The summed E-state index contributed by atoms with van der Waals surface area (Å²) in [4.78, 5) is 26.7. The third-order valence-corrected chi connectivity index (χ3v) is 5.06. The second-order valence-electron chi connectivity index (χ2n) is 6.39. The Bertz CT molecular complexity index is 625. The van der Waals surface area contributed by atoms with Gasteiger partial charge in [-0.25, -0.2) is 0 Å². The standard InChI is InChI=1S/C15H21ClN4O2/c1-8(2)12-11(13(16)19(3)18-12)15(22)20-6-4-5-9-10(20)7-17-14(9)21/h8-10H,4-7H2,1-3H3,(H,17,21)/t9-,10-/m1/s1. The van der Waals surface area contributed by atoms with Gasteiger partial charge in [-0.3, -0.25) is 14.3 Å². The molecule has 0 bridgehead atoms. The van der Waals surface area contributed by atoms with Gasteiger partial charge in [0, 0.05) is 20.1 Å². The Morgan fingerprint density at radius 1 is 1.45 bits per heavy atom. The van der Waals surface area contributed by atoms with Crippen molar-refractivity contribution < 1.29 is 9.59 Å². The molecule has 0 spiro atoms. The lowest BCUT2D eigenvalue weighted by Gasteiger charge is -2.36. The third-order valence-electron chi connectivity index (χ3n) is 4.63. The molecule has 1 aromatic rings. The molecule has 1 aromatic heterocycles. The van der Waals surface area contributed by atoms with E-state index in [1.54, 1.807) is 16.6 Å². The van der Waals surface area contributed by atoms with E-state index in [9.17, 15) is 9.59 Å². The minimum atomic E-state index is -0.104. The third kappa shape index (κ3) is 2.29. The summed E-state index contributed by atoms with van der Waals surface area (Å²) in [6.07, 6.45) is 1.69. The monoisotopic (exact) mass is 324 g/mol. The summed E-state index contributed by atoms with van der Waals surface area (Å²) >= 11 is 6.31. The Morgan fingerprint density at radius 2 is 2.18 bits per heavy atom. The smallest absolute Gasteiger partial charge is 0.259 e. The lowest BCUT2D eigenvalue weighted by Crippen LogP contribution is -2.49. The summed E-state index contributed by atoms with van der Waals surface area (Å²) in [5, 5.41) is 7.62. The van der Waals surface area contributed by atoms with E-state index in [4.69, 9.17) is 11.6 Å². The fourth-order valence-electron chi connectivity index (χ4n) is 3.47. The first-order valence-electron chi connectivity index (χ1n) is 7.73. The van der Waals surface area contributed by atoms with E-state index in [0.717, 1.165) is 18.5 Å². The Morgan fingerprint density at radius 3 is 2.86 bits per heavy atom. The fraction of sp³-hybridized carbons (Fsp3) is 0.667. The molecule has 7 heteroatoms. The van der Waals surface area contributed by atoms with Crippen molar-refractivity contribution in [3.63, 3.8) is 0 Å². The zero-order valence-electron chi connectivity index (χ0n) is 13.1. The number of carbonyl (C=O) groups is 2. The Kier molecular flexibility index (Phi) is 3.89. The first kappa shape index (κ1) is 15.3. The molecule has 0 radical (unpaired) electrons. The van der Waals surface area contributed by atoms with Crippen LogP contribution in [0.4, 0.5) is 0 Å². The number of hydrogen-bond donors (Lipinski definition) is 1. The van der Waals surface area contributed by atoms with Crippen LogP contribution in [0.3, 0.4) is 0 Å². The lowest BCUT2D eigenvalue weighted by atomic mass is 9.90. The molecule has 2 aliphatic rings. The molecule has 120 valence electrons. The van der Waals surface area contributed by atoms with E-state index in [1.165, 1.54) is 0 Å². The molecule has 1 N–H and O–H groups in total. The van der Waals surface area contributed by atoms with Crippen LogP contribution in [0, 0.1) is 5.92 Å². The van der Waals surface area contributed by atoms with Gasteiger partial charge in [0.25, 0.3) is 5.91 Å². The van der Waals surface area contributed by atoms with E-state index in [2.05, 4.69) is 10.4 Å². The van der Waals surface area contributed by atoms with Crippen LogP contribution in [0.2, 0.25) is 5.15 Å². The quantitative estimate of drug-likeness (QED) is 0.897. The molecule has 22 heavy (non-hydrogen) atoms. The molecule has 6 nitrogen and oxygen atoms in total. The van der Waals surface area contributed by atoms with Crippen molar-refractivity contribution in [2.24, 2.45) is 13.0 Å². The van der Waals surface area contributed by atoms with Crippen molar-refractivity contribution >= 4 is 23.4 Å². The normalized spacial score (nSPS) is 24.6. The average Bonchev–Trinajstić information content (AvgIpc) is 3.00. The summed E-state index contributed by atoms with van der Waals surface area (Å²) in [6, 6.07) is -0.0648. The van der Waals surface area contributed by atoms with Gasteiger partial charge >= 0.3 is 0 Å². The molecule has 0 aliphatic carbocycles. The summed E-state index contributed by atoms with van der Waals surface area (Å²) in [5.74, 6) is -0.0194. The zero-order chi connectivity index (χ0) is 16.0. The number of fused-ring (bicyclic) bond motifs is 1. The number of aromatic nitrogens is 2. The summed E-state index contributed by atoms with van der Waals surface area (Å²) < 4.78 is 1.55. The van der Waals surface area contributed by atoms with Gasteiger partial charge in [0.2, 0.25) is 5.91 Å². The van der Waals surface area contributed by atoms with Crippen molar-refractivity contribution in [2.45, 2.75) is 38.6 Å². The number of hydrogen-bond acceptors (Lipinski definition) is 3. The maximum atomic E-state index is 13.1. The van der Waals surface area contributed by atoms with Gasteiger partial charge in [-0.15, -0.1) is 0 Å². The van der Waals surface area contributed by atoms with Crippen LogP contribution in [-0.2, 0) is 11.8 Å². The molecular formula is C15H21ClN4O2. The number of nitrogens with one attached hydrogen (secondary N) is 1. The number of rotatable bonds is 2. The number of carbonyl (C=O) groups excluding carboxylic acids is 2. The van der Waals surface area contributed by atoms with Crippen LogP contribution < -0.4 is 5.32 Å². The summed E-state index contributed by atoms with van der Waals surface area (Å²) in [6.45, 7) is 5.19. The highest BCUT2D eigenvalue weighted by molar-refractivity contribution is 6.33. The molecule has 2 amide bonds. The number of likely N-dealkylation sites (tertiary alicyclic amines) is 1.